The summed E-state index contributed by atoms with van der Waals surface area (Å²) in [7, 11) is 0. The molecule has 98 valence electrons. The van der Waals surface area contributed by atoms with E-state index in [-0.39, 0.29) is 5.91 Å². The van der Waals surface area contributed by atoms with Crippen molar-refractivity contribution in [1.29, 1.82) is 0 Å². The fraction of sp³-hybridized carbons (Fsp3) is 0.929. The Morgan fingerprint density at radius 2 is 1.88 bits per heavy atom. The molecular formula is C14H26N2O. The first-order valence-electron chi connectivity index (χ1n) is 7.20. The summed E-state index contributed by atoms with van der Waals surface area (Å²) in [5, 5.41) is 3.14. The summed E-state index contributed by atoms with van der Waals surface area (Å²) in [6.45, 7) is 7.79. The first-order valence-corrected chi connectivity index (χ1v) is 7.20. The number of rotatable bonds is 5. The number of carbonyl (C=O) groups is 1. The van der Waals surface area contributed by atoms with E-state index in [9.17, 15) is 4.79 Å². The Balaban J connectivity index is 1.80. The minimum atomic E-state index is 0.285. The number of hydrogen-bond donors (Lipinski definition) is 1. The lowest BCUT2D eigenvalue weighted by molar-refractivity contribution is -0.122. The number of hydrogen-bond acceptors (Lipinski definition) is 2. The van der Waals surface area contributed by atoms with Crippen molar-refractivity contribution in [2.45, 2.75) is 52.0 Å². The van der Waals surface area contributed by atoms with Crippen molar-refractivity contribution in [3.8, 4) is 0 Å². The summed E-state index contributed by atoms with van der Waals surface area (Å²) >= 11 is 0. The van der Waals surface area contributed by atoms with E-state index in [1.54, 1.807) is 0 Å². The van der Waals surface area contributed by atoms with Crippen LogP contribution < -0.4 is 5.32 Å². The molecule has 0 aromatic heterocycles. The van der Waals surface area contributed by atoms with E-state index >= 15 is 0 Å². The number of likely N-dealkylation sites (tertiary alicyclic amines) is 1. The van der Waals surface area contributed by atoms with Crippen molar-refractivity contribution in [1.82, 2.24) is 10.2 Å². The zero-order valence-electron chi connectivity index (χ0n) is 11.2. The van der Waals surface area contributed by atoms with Crippen molar-refractivity contribution in [2.75, 3.05) is 19.6 Å². The van der Waals surface area contributed by atoms with Crippen LogP contribution in [0, 0.1) is 11.8 Å². The van der Waals surface area contributed by atoms with Crippen molar-refractivity contribution in [3.63, 3.8) is 0 Å². The topological polar surface area (TPSA) is 32.3 Å². The molecule has 1 saturated carbocycles. The molecule has 1 atom stereocenters. The van der Waals surface area contributed by atoms with Crippen LogP contribution >= 0.6 is 0 Å². The first kappa shape index (κ1) is 12.9. The summed E-state index contributed by atoms with van der Waals surface area (Å²) in [5.74, 6) is 1.24. The lowest BCUT2D eigenvalue weighted by atomic mass is 9.99. The van der Waals surface area contributed by atoms with E-state index in [0.717, 1.165) is 19.4 Å². The van der Waals surface area contributed by atoms with Crippen LogP contribution in [0.3, 0.4) is 0 Å². The molecule has 1 N–H and O–H groups in total. The number of piperidine rings is 1. The smallest absolute Gasteiger partial charge is 0.223 e. The Morgan fingerprint density at radius 1 is 1.24 bits per heavy atom. The van der Waals surface area contributed by atoms with Gasteiger partial charge in [-0.25, -0.2) is 0 Å². The summed E-state index contributed by atoms with van der Waals surface area (Å²) in [6.07, 6.45) is 6.21. The molecule has 0 aromatic rings. The van der Waals surface area contributed by atoms with Crippen LogP contribution in [0.2, 0.25) is 0 Å². The Morgan fingerprint density at radius 3 is 2.41 bits per heavy atom. The molecule has 0 spiro atoms. The van der Waals surface area contributed by atoms with Gasteiger partial charge in [0.15, 0.2) is 0 Å². The molecule has 1 saturated heterocycles. The highest BCUT2D eigenvalue weighted by molar-refractivity contribution is 5.80. The fourth-order valence-electron chi connectivity index (χ4n) is 2.73. The predicted octanol–water partition coefficient (Wildman–Crippen LogP) is 2.02. The molecule has 2 aliphatic rings. The number of amides is 1. The molecule has 1 amide bonds. The third-order valence-corrected chi connectivity index (χ3v) is 4.06. The third-order valence-electron chi connectivity index (χ3n) is 4.06. The second-order valence-corrected chi connectivity index (χ2v) is 5.93. The van der Waals surface area contributed by atoms with Gasteiger partial charge in [0.05, 0.1) is 0 Å². The average Bonchev–Trinajstić information content (AvgIpc) is 3.14. The van der Waals surface area contributed by atoms with Gasteiger partial charge in [-0.1, -0.05) is 20.3 Å². The predicted molar refractivity (Wildman–Crippen MR) is 69.8 cm³/mol. The van der Waals surface area contributed by atoms with Gasteiger partial charge in [0.2, 0.25) is 5.91 Å². The van der Waals surface area contributed by atoms with Gasteiger partial charge in [-0.2, -0.15) is 0 Å². The van der Waals surface area contributed by atoms with E-state index in [1.807, 2.05) is 0 Å². The molecular weight excluding hydrogens is 212 g/mol. The monoisotopic (exact) mass is 238 g/mol. The van der Waals surface area contributed by atoms with Crippen molar-refractivity contribution >= 4 is 5.91 Å². The van der Waals surface area contributed by atoms with Gasteiger partial charge in [0.1, 0.15) is 0 Å². The minimum Gasteiger partial charge on any atom is -0.354 e. The average molecular weight is 238 g/mol. The van der Waals surface area contributed by atoms with Crippen LogP contribution in [0.5, 0.6) is 0 Å². The molecule has 0 aromatic carbocycles. The molecule has 0 radical (unpaired) electrons. The summed E-state index contributed by atoms with van der Waals surface area (Å²) in [6, 6.07) is 0.526. The molecule has 3 nitrogen and oxygen atoms in total. The SMILES string of the molecule is CC(C)C(CNC(=O)C1CC1)N1CCCCC1. The van der Waals surface area contributed by atoms with Crippen LogP contribution in [-0.2, 0) is 4.79 Å². The maximum absolute atomic E-state index is 11.7. The van der Waals surface area contributed by atoms with E-state index in [4.69, 9.17) is 0 Å². The van der Waals surface area contributed by atoms with Gasteiger partial charge in [-0.15, -0.1) is 0 Å². The molecule has 1 unspecified atom stereocenters. The summed E-state index contributed by atoms with van der Waals surface area (Å²) < 4.78 is 0. The Bertz CT molecular complexity index is 255. The van der Waals surface area contributed by atoms with Gasteiger partial charge in [0, 0.05) is 18.5 Å². The number of nitrogens with zero attached hydrogens (tertiary/aromatic N) is 1. The second kappa shape index (κ2) is 5.85. The highest BCUT2D eigenvalue weighted by atomic mass is 16.2. The van der Waals surface area contributed by atoms with E-state index < -0.39 is 0 Å². The second-order valence-electron chi connectivity index (χ2n) is 5.93. The summed E-state index contributed by atoms with van der Waals surface area (Å²) in [5.41, 5.74) is 0. The molecule has 0 bridgehead atoms. The zero-order chi connectivity index (χ0) is 12.3. The van der Waals surface area contributed by atoms with Crippen molar-refractivity contribution in [3.05, 3.63) is 0 Å². The van der Waals surface area contributed by atoms with Crippen LogP contribution in [0.25, 0.3) is 0 Å². The van der Waals surface area contributed by atoms with Crippen LogP contribution in [-0.4, -0.2) is 36.5 Å². The van der Waals surface area contributed by atoms with Gasteiger partial charge in [-0.05, 0) is 44.7 Å². The Hall–Kier alpha value is -0.570. The van der Waals surface area contributed by atoms with E-state index in [1.165, 1.54) is 32.4 Å². The highest BCUT2D eigenvalue weighted by Crippen LogP contribution is 2.28. The van der Waals surface area contributed by atoms with Crippen molar-refractivity contribution in [2.24, 2.45) is 11.8 Å². The van der Waals surface area contributed by atoms with Gasteiger partial charge in [-0.3, -0.25) is 9.69 Å². The van der Waals surface area contributed by atoms with E-state index in [2.05, 4.69) is 24.1 Å². The Kier molecular flexibility index (Phi) is 4.43. The molecule has 1 aliphatic carbocycles. The number of nitrogens with one attached hydrogen (secondary N) is 1. The Labute approximate surface area is 105 Å². The molecule has 1 heterocycles. The third kappa shape index (κ3) is 3.70. The lowest BCUT2D eigenvalue weighted by Gasteiger charge is -2.37. The maximum atomic E-state index is 11.7. The standard InChI is InChI=1S/C14H26N2O/c1-11(2)13(16-8-4-3-5-9-16)10-15-14(17)12-6-7-12/h11-13H,3-10H2,1-2H3,(H,15,17). The molecule has 3 heteroatoms. The highest BCUT2D eigenvalue weighted by Gasteiger charge is 2.31. The molecule has 17 heavy (non-hydrogen) atoms. The molecule has 2 fully saturated rings. The first-order chi connectivity index (χ1) is 8.18. The largest absolute Gasteiger partial charge is 0.354 e. The fourth-order valence-corrected chi connectivity index (χ4v) is 2.73. The van der Waals surface area contributed by atoms with Gasteiger partial charge < -0.3 is 5.32 Å². The van der Waals surface area contributed by atoms with Crippen LogP contribution in [0.4, 0.5) is 0 Å². The summed E-state index contributed by atoms with van der Waals surface area (Å²) in [4.78, 5) is 14.3. The minimum absolute atomic E-state index is 0.285. The normalized spacial score (nSPS) is 23.7. The maximum Gasteiger partial charge on any atom is 0.223 e. The van der Waals surface area contributed by atoms with Crippen molar-refractivity contribution < 1.29 is 4.79 Å². The molecule has 1 aliphatic heterocycles. The molecule has 2 rings (SSSR count). The van der Waals surface area contributed by atoms with Gasteiger partial charge >= 0.3 is 0 Å². The van der Waals surface area contributed by atoms with Gasteiger partial charge in [0.25, 0.3) is 0 Å². The van der Waals surface area contributed by atoms with Crippen LogP contribution in [0.1, 0.15) is 46.0 Å². The van der Waals surface area contributed by atoms with E-state index in [0.29, 0.717) is 17.9 Å². The lowest BCUT2D eigenvalue weighted by Crippen LogP contribution is -2.49. The number of carbonyl (C=O) groups excluding carboxylic acids is 1. The van der Waals surface area contributed by atoms with Crippen LogP contribution in [0.15, 0.2) is 0 Å². The zero-order valence-corrected chi connectivity index (χ0v) is 11.2. The quantitative estimate of drug-likeness (QED) is 0.795.